The maximum Gasteiger partial charge on any atom is 0.254 e. The Kier molecular flexibility index (Phi) is 4.55. The highest BCUT2D eigenvalue weighted by atomic mass is 19.2. The van der Waals surface area contributed by atoms with Crippen molar-refractivity contribution < 1.29 is 23.0 Å². The van der Waals surface area contributed by atoms with Crippen LogP contribution in [-0.2, 0) is 4.74 Å². The van der Waals surface area contributed by atoms with E-state index < -0.39 is 17.2 Å². The van der Waals surface area contributed by atoms with Crippen LogP contribution in [0.1, 0.15) is 28.8 Å². The van der Waals surface area contributed by atoms with Crippen molar-refractivity contribution in [2.75, 3.05) is 19.7 Å². The SMILES string of the molecule is Cc1cc(F)c(F)cc1C(=O)N1CC2(C[C@@H](Oc3ccccn3)CCO2)C1. The molecule has 1 atom stereocenters. The fourth-order valence-corrected chi connectivity index (χ4v) is 3.73. The minimum Gasteiger partial charge on any atom is -0.474 e. The normalized spacial score (nSPS) is 21.0. The maximum absolute atomic E-state index is 13.5. The summed E-state index contributed by atoms with van der Waals surface area (Å²) in [5.41, 5.74) is 0.154. The minimum atomic E-state index is -1.02. The van der Waals surface area contributed by atoms with Crippen molar-refractivity contribution >= 4 is 5.91 Å². The van der Waals surface area contributed by atoms with Gasteiger partial charge < -0.3 is 14.4 Å². The molecule has 2 fully saturated rings. The number of halogens is 2. The van der Waals surface area contributed by atoms with Crippen LogP contribution in [0, 0.1) is 18.6 Å². The molecule has 0 saturated carbocycles. The molecule has 0 radical (unpaired) electrons. The molecule has 2 saturated heterocycles. The number of amides is 1. The van der Waals surface area contributed by atoms with Gasteiger partial charge in [0.25, 0.3) is 5.91 Å². The summed E-state index contributed by atoms with van der Waals surface area (Å²) in [5, 5.41) is 0. The van der Waals surface area contributed by atoms with Gasteiger partial charge >= 0.3 is 0 Å². The second-order valence-corrected chi connectivity index (χ2v) is 7.17. The molecule has 1 spiro atoms. The van der Waals surface area contributed by atoms with Crippen molar-refractivity contribution in [1.82, 2.24) is 9.88 Å². The predicted molar refractivity (Wildman–Crippen MR) is 93.6 cm³/mol. The van der Waals surface area contributed by atoms with E-state index in [1.807, 2.05) is 18.2 Å². The Morgan fingerprint density at radius 2 is 2.07 bits per heavy atom. The fraction of sp³-hybridized carbons (Fsp3) is 0.400. The van der Waals surface area contributed by atoms with Gasteiger partial charge in [0, 0.05) is 30.7 Å². The third-order valence-corrected chi connectivity index (χ3v) is 5.12. The van der Waals surface area contributed by atoms with Gasteiger partial charge in [-0.2, -0.15) is 0 Å². The first-order chi connectivity index (χ1) is 13.0. The van der Waals surface area contributed by atoms with Crippen LogP contribution in [-0.4, -0.2) is 47.2 Å². The fourth-order valence-electron chi connectivity index (χ4n) is 3.73. The van der Waals surface area contributed by atoms with Crippen molar-refractivity contribution in [3.8, 4) is 5.88 Å². The summed E-state index contributed by atoms with van der Waals surface area (Å²) in [7, 11) is 0. The minimum absolute atomic E-state index is 0.0316. The molecule has 2 aromatic rings. The summed E-state index contributed by atoms with van der Waals surface area (Å²) in [6.45, 7) is 2.96. The number of pyridine rings is 1. The molecule has 3 heterocycles. The van der Waals surface area contributed by atoms with Gasteiger partial charge in [-0.15, -0.1) is 0 Å². The maximum atomic E-state index is 13.5. The molecule has 7 heteroatoms. The van der Waals surface area contributed by atoms with Crippen LogP contribution >= 0.6 is 0 Å². The van der Waals surface area contributed by atoms with Crippen molar-refractivity contribution in [3.05, 3.63) is 59.3 Å². The Morgan fingerprint density at radius 1 is 1.30 bits per heavy atom. The summed E-state index contributed by atoms with van der Waals surface area (Å²) in [6, 6.07) is 7.52. The summed E-state index contributed by atoms with van der Waals surface area (Å²) in [5.74, 6) is -1.70. The van der Waals surface area contributed by atoms with E-state index in [-0.39, 0.29) is 17.6 Å². The number of likely N-dealkylation sites (tertiary alicyclic amines) is 1. The van der Waals surface area contributed by atoms with E-state index in [9.17, 15) is 13.6 Å². The summed E-state index contributed by atoms with van der Waals surface area (Å²) in [6.07, 6.45) is 3.06. The summed E-state index contributed by atoms with van der Waals surface area (Å²) in [4.78, 5) is 18.4. The highest BCUT2D eigenvalue weighted by molar-refractivity contribution is 5.96. The van der Waals surface area contributed by atoms with Crippen LogP contribution in [0.4, 0.5) is 8.78 Å². The average Bonchev–Trinajstić information content (AvgIpc) is 2.63. The first-order valence-electron chi connectivity index (χ1n) is 8.92. The summed E-state index contributed by atoms with van der Waals surface area (Å²) < 4.78 is 38.7. The van der Waals surface area contributed by atoms with Crippen LogP contribution < -0.4 is 4.74 Å². The molecule has 27 heavy (non-hydrogen) atoms. The summed E-state index contributed by atoms with van der Waals surface area (Å²) >= 11 is 0. The van der Waals surface area contributed by atoms with Crippen LogP contribution in [0.3, 0.4) is 0 Å². The third kappa shape index (κ3) is 3.51. The first-order valence-corrected chi connectivity index (χ1v) is 8.92. The van der Waals surface area contributed by atoms with Gasteiger partial charge in [-0.25, -0.2) is 13.8 Å². The number of benzene rings is 1. The highest BCUT2D eigenvalue weighted by Crippen LogP contribution is 2.36. The van der Waals surface area contributed by atoms with E-state index in [2.05, 4.69) is 4.98 Å². The van der Waals surface area contributed by atoms with Gasteiger partial charge in [-0.1, -0.05) is 6.07 Å². The largest absolute Gasteiger partial charge is 0.474 e. The first kappa shape index (κ1) is 17.9. The topological polar surface area (TPSA) is 51.7 Å². The zero-order valence-corrected chi connectivity index (χ0v) is 15.0. The lowest BCUT2D eigenvalue weighted by molar-refractivity contribution is -0.174. The zero-order valence-electron chi connectivity index (χ0n) is 15.0. The Bertz CT molecular complexity index is 854. The molecular formula is C20H20F2N2O3. The van der Waals surface area contributed by atoms with Gasteiger partial charge in [-0.05, 0) is 30.7 Å². The number of hydrogen-bond donors (Lipinski definition) is 0. The van der Waals surface area contributed by atoms with Gasteiger partial charge in [-0.3, -0.25) is 4.79 Å². The van der Waals surface area contributed by atoms with Crippen LogP contribution in [0.15, 0.2) is 36.5 Å². The lowest BCUT2D eigenvalue weighted by Crippen LogP contribution is -2.67. The molecule has 2 aliphatic heterocycles. The molecule has 0 N–H and O–H groups in total. The number of nitrogens with zero attached hydrogens (tertiary/aromatic N) is 2. The van der Waals surface area contributed by atoms with Gasteiger partial charge in [0.1, 0.15) is 11.7 Å². The van der Waals surface area contributed by atoms with Gasteiger partial charge in [0.05, 0.1) is 19.7 Å². The molecule has 5 nitrogen and oxygen atoms in total. The van der Waals surface area contributed by atoms with E-state index in [4.69, 9.17) is 9.47 Å². The second-order valence-electron chi connectivity index (χ2n) is 7.17. The molecule has 142 valence electrons. The predicted octanol–water partition coefficient (Wildman–Crippen LogP) is 3.12. The van der Waals surface area contributed by atoms with Crippen LogP contribution in [0.25, 0.3) is 0 Å². The number of carbonyl (C=O) groups excluding carboxylic acids is 1. The molecule has 0 aliphatic carbocycles. The molecule has 0 unspecified atom stereocenters. The number of aryl methyl sites for hydroxylation is 1. The van der Waals surface area contributed by atoms with Gasteiger partial charge in [0.15, 0.2) is 11.6 Å². The van der Waals surface area contributed by atoms with Crippen molar-refractivity contribution in [2.45, 2.75) is 31.5 Å². The van der Waals surface area contributed by atoms with E-state index in [1.165, 1.54) is 0 Å². The average molecular weight is 374 g/mol. The van der Waals surface area contributed by atoms with E-state index >= 15 is 0 Å². The quantitative estimate of drug-likeness (QED) is 0.828. The Hall–Kier alpha value is -2.54. The number of ether oxygens (including phenoxy) is 2. The van der Waals surface area contributed by atoms with Crippen molar-refractivity contribution in [1.29, 1.82) is 0 Å². The molecule has 4 rings (SSSR count). The number of aromatic nitrogens is 1. The smallest absolute Gasteiger partial charge is 0.254 e. The standard InChI is InChI=1S/C20H20F2N2O3/c1-13-8-16(21)17(22)9-15(13)19(25)24-11-20(12-24)10-14(5-7-26-20)27-18-4-2-3-6-23-18/h2-4,6,8-9,14H,5,7,10-12H2,1H3/t14-/m0/s1. The number of carbonyl (C=O) groups is 1. The van der Waals surface area contributed by atoms with Crippen molar-refractivity contribution in [2.24, 2.45) is 0 Å². The number of hydrogen-bond acceptors (Lipinski definition) is 4. The monoisotopic (exact) mass is 374 g/mol. The van der Waals surface area contributed by atoms with Crippen LogP contribution in [0.2, 0.25) is 0 Å². The molecular weight excluding hydrogens is 354 g/mol. The Balaban J connectivity index is 1.40. The lowest BCUT2D eigenvalue weighted by atomic mass is 9.84. The number of rotatable bonds is 3. The third-order valence-electron chi connectivity index (χ3n) is 5.12. The molecule has 1 amide bonds. The molecule has 2 aliphatic rings. The van der Waals surface area contributed by atoms with E-state index in [1.54, 1.807) is 18.0 Å². The van der Waals surface area contributed by atoms with Gasteiger partial charge in [0.2, 0.25) is 5.88 Å². The van der Waals surface area contributed by atoms with Crippen LogP contribution in [0.5, 0.6) is 5.88 Å². The highest BCUT2D eigenvalue weighted by Gasteiger charge is 2.50. The molecule has 1 aromatic heterocycles. The Labute approximate surface area is 155 Å². The second kappa shape index (κ2) is 6.88. The molecule has 0 bridgehead atoms. The van der Waals surface area contributed by atoms with E-state index in [0.717, 1.165) is 18.6 Å². The Morgan fingerprint density at radius 3 is 2.81 bits per heavy atom. The lowest BCUT2D eigenvalue weighted by Gasteiger charge is -2.52. The molecule has 1 aromatic carbocycles. The zero-order chi connectivity index (χ0) is 19.0. The van der Waals surface area contributed by atoms with Crippen molar-refractivity contribution in [3.63, 3.8) is 0 Å². The van der Waals surface area contributed by atoms with E-state index in [0.29, 0.717) is 37.6 Å².